The molecule has 3 N–H and O–H groups in total. The highest BCUT2D eigenvalue weighted by Crippen LogP contribution is 2.22. The van der Waals surface area contributed by atoms with E-state index >= 15 is 0 Å². The molecule has 1 amide bonds. The Morgan fingerprint density at radius 1 is 1.33 bits per heavy atom. The van der Waals surface area contributed by atoms with Crippen molar-refractivity contribution in [2.75, 3.05) is 37.9 Å². The number of nitrogens with one attached hydrogen (secondary N) is 1. The van der Waals surface area contributed by atoms with Crippen LogP contribution in [0.15, 0.2) is 18.2 Å². The minimum atomic E-state index is -0.564. The molecule has 0 fully saturated rings. The molecule has 1 aromatic rings. The first-order chi connectivity index (χ1) is 9.81. The van der Waals surface area contributed by atoms with Gasteiger partial charge in [0.05, 0.1) is 11.3 Å². The van der Waals surface area contributed by atoms with Crippen molar-refractivity contribution in [1.29, 1.82) is 0 Å². The second-order valence-corrected chi connectivity index (χ2v) is 5.45. The number of hydrogen-bond acceptors (Lipinski definition) is 5. The zero-order valence-electron chi connectivity index (χ0n) is 13.0. The molecule has 0 saturated heterocycles. The second kappa shape index (κ2) is 7.52. The van der Waals surface area contributed by atoms with E-state index in [1.165, 1.54) is 0 Å². The normalized spacial score (nSPS) is 10.3. The molecule has 0 radical (unpaired) electrons. The van der Waals surface area contributed by atoms with Crippen molar-refractivity contribution in [1.82, 2.24) is 5.32 Å². The SMILES string of the molecule is CC(C)CNC(=O)COC(=O)c1cc(N)ccc1N(C)C. The third kappa shape index (κ3) is 5.33. The average molecular weight is 293 g/mol. The zero-order chi connectivity index (χ0) is 16.0. The fourth-order valence-electron chi connectivity index (χ4n) is 1.68. The Kier molecular flexibility index (Phi) is 6.02. The van der Waals surface area contributed by atoms with Crippen molar-refractivity contribution in [3.63, 3.8) is 0 Å². The number of carbonyl (C=O) groups excluding carboxylic acids is 2. The molecule has 0 aliphatic heterocycles. The smallest absolute Gasteiger partial charge is 0.340 e. The predicted molar refractivity (Wildman–Crippen MR) is 83.3 cm³/mol. The van der Waals surface area contributed by atoms with Crippen LogP contribution in [0, 0.1) is 5.92 Å². The summed E-state index contributed by atoms with van der Waals surface area (Å²) in [4.78, 5) is 25.4. The van der Waals surface area contributed by atoms with E-state index in [1.807, 2.05) is 27.9 Å². The lowest BCUT2D eigenvalue weighted by molar-refractivity contribution is -0.124. The summed E-state index contributed by atoms with van der Waals surface area (Å²) in [5, 5.41) is 2.69. The quantitative estimate of drug-likeness (QED) is 0.609. The van der Waals surface area contributed by atoms with Crippen LogP contribution in [-0.2, 0) is 9.53 Å². The Hall–Kier alpha value is -2.24. The molecule has 0 heterocycles. The minimum Gasteiger partial charge on any atom is -0.452 e. The molecule has 6 nitrogen and oxygen atoms in total. The van der Waals surface area contributed by atoms with Crippen LogP contribution in [0.1, 0.15) is 24.2 Å². The van der Waals surface area contributed by atoms with Crippen molar-refractivity contribution < 1.29 is 14.3 Å². The van der Waals surface area contributed by atoms with Crippen LogP contribution >= 0.6 is 0 Å². The zero-order valence-corrected chi connectivity index (χ0v) is 13.0. The highest BCUT2D eigenvalue weighted by molar-refractivity contribution is 5.97. The van der Waals surface area contributed by atoms with Crippen molar-refractivity contribution in [3.05, 3.63) is 23.8 Å². The Morgan fingerprint density at radius 3 is 2.57 bits per heavy atom. The van der Waals surface area contributed by atoms with Crippen molar-refractivity contribution in [2.45, 2.75) is 13.8 Å². The van der Waals surface area contributed by atoms with Crippen LogP contribution < -0.4 is 16.0 Å². The number of esters is 1. The molecule has 1 rings (SSSR count). The maximum absolute atomic E-state index is 12.1. The Bertz CT molecular complexity index is 513. The number of nitrogens with two attached hydrogens (primary N) is 1. The topological polar surface area (TPSA) is 84.7 Å². The molecule has 1 aromatic carbocycles. The summed E-state index contributed by atoms with van der Waals surface area (Å²) in [5.74, 6) is -0.531. The van der Waals surface area contributed by atoms with Gasteiger partial charge in [-0.2, -0.15) is 0 Å². The van der Waals surface area contributed by atoms with Crippen LogP contribution in [0.25, 0.3) is 0 Å². The lowest BCUT2D eigenvalue weighted by Gasteiger charge is -2.17. The van der Waals surface area contributed by atoms with E-state index in [0.717, 1.165) is 0 Å². The van der Waals surface area contributed by atoms with Gasteiger partial charge in [-0.1, -0.05) is 13.8 Å². The van der Waals surface area contributed by atoms with E-state index < -0.39 is 5.97 Å². The molecule has 0 aliphatic rings. The Labute approximate surface area is 125 Å². The summed E-state index contributed by atoms with van der Waals surface area (Å²) >= 11 is 0. The maximum Gasteiger partial charge on any atom is 0.340 e. The van der Waals surface area contributed by atoms with E-state index in [0.29, 0.717) is 29.4 Å². The number of hydrogen-bond donors (Lipinski definition) is 2. The van der Waals surface area contributed by atoms with Gasteiger partial charge in [-0.15, -0.1) is 0 Å². The van der Waals surface area contributed by atoms with E-state index in [4.69, 9.17) is 10.5 Å². The van der Waals surface area contributed by atoms with Gasteiger partial charge in [0, 0.05) is 26.3 Å². The van der Waals surface area contributed by atoms with Crippen molar-refractivity contribution >= 4 is 23.3 Å². The lowest BCUT2D eigenvalue weighted by atomic mass is 10.1. The fraction of sp³-hybridized carbons (Fsp3) is 0.467. The first-order valence-electron chi connectivity index (χ1n) is 6.82. The van der Waals surface area contributed by atoms with E-state index in [1.54, 1.807) is 23.1 Å². The van der Waals surface area contributed by atoms with Gasteiger partial charge in [-0.05, 0) is 24.1 Å². The number of amides is 1. The van der Waals surface area contributed by atoms with E-state index in [9.17, 15) is 9.59 Å². The Morgan fingerprint density at radius 2 is 2.00 bits per heavy atom. The highest BCUT2D eigenvalue weighted by Gasteiger charge is 2.16. The van der Waals surface area contributed by atoms with Gasteiger partial charge in [0.15, 0.2) is 6.61 Å². The van der Waals surface area contributed by atoms with Gasteiger partial charge in [0.25, 0.3) is 5.91 Å². The summed E-state index contributed by atoms with van der Waals surface area (Å²) in [7, 11) is 3.63. The molecule has 0 aliphatic carbocycles. The molecular formula is C15H23N3O3. The molecule has 116 valence electrons. The molecule has 0 atom stereocenters. The molecule has 21 heavy (non-hydrogen) atoms. The monoisotopic (exact) mass is 293 g/mol. The standard InChI is InChI=1S/C15H23N3O3/c1-10(2)8-17-14(19)9-21-15(20)12-7-11(16)5-6-13(12)18(3)4/h5-7,10H,8-9,16H2,1-4H3,(H,17,19). The number of rotatable bonds is 6. The number of ether oxygens (including phenoxy) is 1. The summed E-state index contributed by atoms with van der Waals surface area (Å²) in [6, 6.07) is 5.00. The molecule has 0 spiro atoms. The molecule has 0 aromatic heterocycles. The lowest BCUT2D eigenvalue weighted by Crippen LogP contribution is -2.31. The number of nitrogens with zero attached hydrogens (tertiary/aromatic N) is 1. The van der Waals surface area contributed by atoms with Crippen LogP contribution in [0.3, 0.4) is 0 Å². The molecular weight excluding hydrogens is 270 g/mol. The molecule has 0 bridgehead atoms. The van der Waals surface area contributed by atoms with Crippen LogP contribution in [-0.4, -0.2) is 39.1 Å². The van der Waals surface area contributed by atoms with Gasteiger partial charge in [-0.25, -0.2) is 4.79 Å². The number of carbonyl (C=O) groups is 2. The average Bonchev–Trinajstić information content (AvgIpc) is 2.41. The van der Waals surface area contributed by atoms with E-state index in [2.05, 4.69) is 5.32 Å². The molecule has 0 saturated carbocycles. The third-order valence-electron chi connectivity index (χ3n) is 2.76. The van der Waals surface area contributed by atoms with Crippen LogP contribution in [0.2, 0.25) is 0 Å². The predicted octanol–water partition coefficient (Wildman–Crippen LogP) is 1.26. The summed E-state index contributed by atoms with van der Waals surface area (Å²) < 4.78 is 5.03. The molecule has 6 heteroatoms. The number of benzene rings is 1. The Balaban J connectivity index is 2.67. The van der Waals surface area contributed by atoms with Crippen molar-refractivity contribution in [3.8, 4) is 0 Å². The minimum absolute atomic E-state index is 0.298. The summed E-state index contributed by atoms with van der Waals surface area (Å²) in [5.41, 5.74) is 7.20. The van der Waals surface area contributed by atoms with Gasteiger partial charge in [0.1, 0.15) is 0 Å². The highest BCUT2D eigenvalue weighted by atomic mass is 16.5. The van der Waals surface area contributed by atoms with Gasteiger partial charge in [0.2, 0.25) is 0 Å². The molecule has 0 unspecified atom stereocenters. The maximum atomic E-state index is 12.1. The van der Waals surface area contributed by atoms with E-state index in [-0.39, 0.29) is 12.5 Å². The summed E-state index contributed by atoms with van der Waals surface area (Å²) in [6.45, 7) is 4.23. The van der Waals surface area contributed by atoms with Crippen LogP contribution in [0.4, 0.5) is 11.4 Å². The van der Waals surface area contributed by atoms with Crippen molar-refractivity contribution in [2.24, 2.45) is 5.92 Å². The number of anilines is 2. The second-order valence-electron chi connectivity index (χ2n) is 5.45. The first kappa shape index (κ1) is 16.8. The largest absolute Gasteiger partial charge is 0.452 e. The third-order valence-corrected chi connectivity index (χ3v) is 2.76. The van der Waals surface area contributed by atoms with Gasteiger partial charge >= 0.3 is 5.97 Å². The van der Waals surface area contributed by atoms with Crippen LogP contribution in [0.5, 0.6) is 0 Å². The van der Waals surface area contributed by atoms with Gasteiger partial charge < -0.3 is 20.7 Å². The summed E-state index contributed by atoms with van der Waals surface area (Å²) in [6.07, 6.45) is 0. The fourth-order valence-corrected chi connectivity index (χ4v) is 1.68. The van der Waals surface area contributed by atoms with Gasteiger partial charge in [-0.3, -0.25) is 4.79 Å². The first-order valence-corrected chi connectivity index (χ1v) is 6.82. The number of nitrogen functional groups attached to an aromatic ring is 1.